The minimum atomic E-state index is -4.02. The van der Waals surface area contributed by atoms with Crippen LogP contribution in [0.3, 0.4) is 0 Å². The van der Waals surface area contributed by atoms with Crippen LogP contribution in [-0.4, -0.2) is 61.1 Å². The Hall–Kier alpha value is -2.89. The summed E-state index contributed by atoms with van der Waals surface area (Å²) < 4.78 is 0. The van der Waals surface area contributed by atoms with Gasteiger partial charge in [0.25, 0.3) is 5.91 Å². The minimum Gasteiger partial charge on any atom is -0.352 e. The first kappa shape index (κ1) is 22.3. The Labute approximate surface area is 183 Å². The maximum Gasteiger partial charge on any atom is 0.342 e. The number of hydrogen-bond acceptors (Lipinski definition) is 8. The number of pyridine rings is 1. The molecule has 1 aliphatic carbocycles. The number of aryl methyl sites for hydroxylation is 1. The van der Waals surface area contributed by atoms with Crippen molar-refractivity contribution in [2.24, 2.45) is 0 Å². The molecule has 32 heavy (non-hydrogen) atoms. The molecule has 2 aromatic rings. The van der Waals surface area contributed by atoms with Gasteiger partial charge in [-0.1, -0.05) is 6.07 Å². The van der Waals surface area contributed by atoms with Crippen LogP contribution in [0.4, 0.5) is 5.69 Å². The zero-order valence-corrected chi connectivity index (χ0v) is 17.4. The molecule has 6 N–H and O–H groups in total. The van der Waals surface area contributed by atoms with E-state index >= 15 is 0 Å². The first-order valence-corrected chi connectivity index (χ1v) is 10.3. The van der Waals surface area contributed by atoms with E-state index in [0.717, 1.165) is 27.9 Å². The molecule has 10 nitrogen and oxygen atoms in total. The van der Waals surface area contributed by atoms with Crippen molar-refractivity contribution in [1.29, 1.82) is 0 Å². The second-order valence-corrected chi connectivity index (χ2v) is 8.28. The van der Waals surface area contributed by atoms with E-state index in [1.165, 1.54) is 0 Å². The molecule has 0 fully saturated rings. The van der Waals surface area contributed by atoms with Crippen LogP contribution in [0.2, 0.25) is 0 Å². The number of carbonyl (C=O) groups is 2. The molecule has 1 atom stereocenters. The summed E-state index contributed by atoms with van der Waals surface area (Å²) in [5, 5.41) is 48.9. The maximum absolute atomic E-state index is 12.2. The molecule has 0 unspecified atom stereocenters. The van der Waals surface area contributed by atoms with E-state index in [-0.39, 0.29) is 5.91 Å². The lowest BCUT2D eigenvalue weighted by atomic mass is 9.84. The molecule has 2 aliphatic rings. The van der Waals surface area contributed by atoms with Crippen molar-refractivity contribution in [3.8, 4) is 11.1 Å². The third-order valence-corrected chi connectivity index (χ3v) is 6.21. The van der Waals surface area contributed by atoms with Gasteiger partial charge >= 0.3 is 11.8 Å². The number of nitrogens with one attached hydrogen (secondary N) is 1. The summed E-state index contributed by atoms with van der Waals surface area (Å²) in [5.74, 6) is -9.30. The maximum atomic E-state index is 12.2. The summed E-state index contributed by atoms with van der Waals surface area (Å²) in [7, 11) is 1.75. The average molecular weight is 443 g/mol. The molecule has 170 valence electrons. The molecule has 0 saturated carbocycles. The third-order valence-electron chi connectivity index (χ3n) is 6.21. The summed E-state index contributed by atoms with van der Waals surface area (Å²) in [4.78, 5) is 30.1. The Morgan fingerprint density at radius 2 is 1.88 bits per heavy atom. The lowest BCUT2D eigenvalue weighted by molar-refractivity contribution is -0.428. The highest BCUT2D eigenvalue weighted by molar-refractivity contribution is 5.96. The van der Waals surface area contributed by atoms with Crippen LogP contribution in [0.25, 0.3) is 11.1 Å². The van der Waals surface area contributed by atoms with E-state index in [2.05, 4.69) is 10.3 Å². The number of nitrogens with zero attached hydrogens (tertiary/aromatic N) is 2. The van der Waals surface area contributed by atoms with Crippen LogP contribution in [0.15, 0.2) is 30.6 Å². The van der Waals surface area contributed by atoms with Gasteiger partial charge in [0.1, 0.15) is 0 Å². The Morgan fingerprint density at radius 1 is 1.12 bits per heavy atom. The van der Waals surface area contributed by atoms with Crippen molar-refractivity contribution in [2.45, 2.75) is 49.9 Å². The fourth-order valence-electron chi connectivity index (χ4n) is 4.36. The first-order valence-electron chi connectivity index (χ1n) is 10.3. The molecule has 10 heteroatoms. The predicted molar refractivity (Wildman–Crippen MR) is 112 cm³/mol. The van der Waals surface area contributed by atoms with Gasteiger partial charge in [0.05, 0.1) is 6.04 Å². The molecule has 0 spiro atoms. The van der Waals surface area contributed by atoms with Gasteiger partial charge in [-0.25, -0.2) is 0 Å². The Morgan fingerprint density at radius 3 is 2.59 bits per heavy atom. The number of aromatic nitrogens is 1. The Bertz CT molecular complexity index is 1080. The van der Waals surface area contributed by atoms with Crippen LogP contribution in [0.5, 0.6) is 0 Å². The Kier molecular flexibility index (Phi) is 5.51. The van der Waals surface area contributed by atoms with Crippen LogP contribution in [0.1, 0.15) is 42.0 Å². The Balaban J connectivity index is 1.67. The lowest BCUT2D eigenvalue weighted by Crippen LogP contribution is -2.63. The molecule has 1 aliphatic heterocycles. The molecule has 2 heterocycles. The summed E-state index contributed by atoms with van der Waals surface area (Å²) in [6, 6.07) is 5.18. The van der Waals surface area contributed by atoms with E-state index in [4.69, 9.17) is 15.3 Å². The van der Waals surface area contributed by atoms with Gasteiger partial charge in [0.2, 0.25) is 5.91 Å². The largest absolute Gasteiger partial charge is 0.352 e. The topological polar surface area (TPSA) is 163 Å². The van der Waals surface area contributed by atoms with Crippen LogP contribution in [0, 0.1) is 0 Å². The molecule has 2 amide bonds. The number of amides is 2. The predicted octanol–water partition coefficient (Wildman–Crippen LogP) is -0.537. The highest BCUT2D eigenvalue weighted by Gasteiger charge is 2.53. The molecule has 0 saturated heterocycles. The van der Waals surface area contributed by atoms with E-state index < -0.39 is 23.7 Å². The highest BCUT2D eigenvalue weighted by Crippen LogP contribution is 2.38. The number of anilines is 1. The smallest absolute Gasteiger partial charge is 0.342 e. The van der Waals surface area contributed by atoms with Crippen molar-refractivity contribution >= 4 is 17.5 Å². The summed E-state index contributed by atoms with van der Waals surface area (Å²) in [5.41, 5.74) is 5.31. The second kappa shape index (κ2) is 7.91. The quantitative estimate of drug-likeness (QED) is 0.343. The van der Waals surface area contributed by atoms with Gasteiger partial charge in [0, 0.05) is 37.1 Å². The van der Waals surface area contributed by atoms with E-state index in [1.54, 1.807) is 24.3 Å². The standard InChI is InChI=1S/C22H25N3O7/c1-25-18-7-5-12(9-13(18)6-8-19(25)26)15-10-23-11-16-14(15)3-2-4-17(16)24-20(27)21(28,29)22(30,31)32/h5,7,9-11,17,28-32H,2-4,6,8H2,1H3,(H,24,27)/t17-/m1/s1. The van der Waals surface area contributed by atoms with Crippen molar-refractivity contribution in [3.63, 3.8) is 0 Å². The second-order valence-electron chi connectivity index (χ2n) is 8.28. The number of fused-ring (bicyclic) bond motifs is 2. The summed E-state index contributed by atoms with van der Waals surface area (Å²) >= 11 is 0. The number of benzene rings is 1. The van der Waals surface area contributed by atoms with Crippen molar-refractivity contribution in [3.05, 3.63) is 47.3 Å². The van der Waals surface area contributed by atoms with Crippen LogP contribution in [-0.2, 0) is 22.4 Å². The van der Waals surface area contributed by atoms with Gasteiger partial charge < -0.3 is 35.7 Å². The van der Waals surface area contributed by atoms with Gasteiger partial charge in [-0.2, -0.15) is 0 Å². The van der Waals surface area contributed by atoms with Crippen molar-refractivity contribution in [2.75, 3.05) is 11.9 Å². The number of carbonyl (C=O) groups excluding carboxylic acids is 2. The third kappa shape index (κ3) is 3.76. The molecular formula is C22H25N3O7. The number of aliphatic hydroxyl groups is 5. The molecule has 1 aromatic heterocycles. The van der Waals surface area contributed by atoms with Gasteiger partial charge in [-0.15, -0.1) is 0 Å². The zero-order chi connectivity index (χ0) is 23.3. The van der Waals surface area contributed by atoms with E-state index in [1.807, 2.05) is 18.2 Å². The number of hydrogen-bond donors (Lipinski definition) is 6. The zero-order valence-electron chi connectivity index (χ0n) is 17.4. The van der Waals surface area contributed by atoms with Crippen LogP contribution < -0.4 is 10.2 Å². The monoisotopic (exact) mass is 443 g/mol. The van der Waals surface area contributed by atoms with Gasteiger partial charge in [0.15, 0.2) is 0 Å². The lowest BCUT2D eigenvalue weighted by Gasteiger charge is -2.33. The fraction of sp³-hybridized carbons (Fsp3) is 0.409. The average Bonchev–Trinajstić information content (AvgIpc) is 2.75. The molecule has 0 radical (unpaired) electrons. The van der Waals surface area contributed by atoms with E-state index in [0.29, 0.717) is 37.7 Å². The van der Waals surface area contributed by atoms with Crippen molar-refractivity contribution in [1.82, 2.24) is 10.3 Å². The normalized spacial score (nSPS) is 18.8. The first-order chi connectivity index (χ1) is 15.0. The molecule has 0 bridgehead atoms. The summed E-state index contributed by atoms with van der Waals surface area (Å²) in [6.07, 6.45) is 6.25. The molecule has 1 aromatic carbocycles. The fourth-order valence-corrected chi connectivity index (χ4v) is 4.36. The molecular weight excluding hydrogens is 418 g/mol. The highest BCUT2D eigenvalue weighted by atomic mass is 16.7. The van der Waals surface area contributed by atoms with Gasteiger partial charge in [-0.05, 0) is 60.1 Å². The minimum absolute atomic E-state index is 0.0732. The SMILES string of the molecule is CN1C(=O)CCc2cc(-c3cncc4c3CCC[C@H]4NC(=O)C(O)(O)C(O)(O)O)ccc21. The molecule has 4 rings (SSSR count). The van der Waals surface area contributed by atoms with Crippen LogP contribution >= 0.6 is 0 Å². The van der Waals surface area contributed by atoms with E-state index in [9.17, 15) is 19.8 Å². The van der Waals surface area contributed by atoms with Gasteiger partial charge in [-0.3, -0.25) is 14.6 Å². The summed E-state index contributed by atoms with van der Waals surface area (Å²) in [6.45, 7) is 0. The van der Waals surface area contributed by atoms with Crippen molar-refractivity contribution < 1.29 is 35.1 Å². The number of rotatable bonds is 4.